The van der Waals surface area contributed by atoms with Gasteiger partial charge in [0.25, 0.3) is 0 Å². The molecule has 0 aliphatic heterocycles. The van der Waals surface area contributed by atoms with Crippen LogP contribution in [0.2, 0.25) is 0 Å². The molecule has 55 heavy (non-hydrogen) atoms. The van der Waals surface area contributed by atoms with Crippen molar-refractivity contribution in [2.24, 2.45) is 0 Å². The van der Waals surface area contributed by atoms with Gasteiger partial charge in [-0.2, -0.15) is 0 Å². The van der Waals surface area contributed by atoms with Crippen LogP contribution in [0.5, 0.6) is 0 Å². The first-order chi connectivity index (χ1) is 31.8. The van der Waals surface area contributed by atoms with Gasteiger partial charge in [-0.1, -0.05) is 158 Å². The fraction of sp³-hybridized carbons (Fsp3) is 0. The predicted molar refractivity (Wildman–Crippen MR) is 227 cm³/mol. The lowest BCUT2D eigenvalue weighted by atomic mass is 9.96. The van der Waals surface area contributed by atoms with E-state index in [-0.39, 0.29) is 50.5 Å². The molecule has 0 unspecified atom stereocenters. The first kappa shape index (κ1) is 21.9. The molecule has 11 rings (SSSR count). The summed E-state index contributed by atoms with van der Waals surface area (Å²) in [6, 6.07) is 33.2. The van der Waals surface area contributed by atoms with Gasteiger partial charge in [0.05, 0.1) is 15.1 Å². The molecule has 0 N–H and O–H groups in total. The second-order valence-corrected chi connectivity index (χ2v) is 13.1. The Morgan fingerprint density at radius 2 is 1.05 bits per heavy atom. The maximum Gasteiger partial charge on any atom is 0.164 e. The topological polar surface area (TPSA) is 51.8 Å². The average molecular weight is 713 g/mol. The molecule has 0 amide bonds. The lowest BCUT2D eigenvalue weighted by molar-refractivity contribution is 0.669. The highest BCUT2D eigenvalue weighted by Crippen LogP contribution is 2.39. The molecule has 4 nitrogen and oxygen atoms in total. The third-order valence-electron chi connectivity index (χ3n) is 9.91. The lowest BCUT2D eigenvalue weighted by Crippen LogP contribution is -2.00. The molecule has 0 aliphatic carbocycles. The van der Waals surface area contributed by atoms with Crippen molar-refractivity contribution >= 4 is 54.3 Å². The van der Waals surface area contributed by atoms with Crippen LogP contribution in [-0.2, 0) is 0 Å². The molecule has 0 spiro atoms. The van der Waals surface area contributed by atoms with E-state index < -0.39 is 72.0 Å². The standard InChI is InChI=1S/C51H31N3O/c1-3-11-32(12-4-1)36-16-9-17-37(29-36)49-52-50(38-22-21-35-24-26-42-40-18-8-7-15-34(40)23-27-43(42)45(35)30-38)54-51(53-49)39-25-28-44-47(31-39)55-46-20-10-19-41(48(44)46)33-13-5-2-6-14-33/h1-31H/i2D,5D,6D,10D,13D,14D,19D,20D,25D,28D,31D. The number of furan rings is 1. The van der Waals surface area contributed by atoms with Gasteiger partial charge in [0, 0.05) is 27.5 Å². The van der Waals surface area contributed by atoms with E-state index in [1.807, 2.05) is 84.9 Å². The van der Waals surface area contributed by atoms with Gasteiger partial charge in [-0.3, -0.25) is 0 Å². The normalized spacial score (nSPS) is 14.4. The summed E-state index contributed by atoms with van der Waals surface area (Å²) in [5.74, 6) is 0.333. The van der Waals surface area contributed by atoms with Gasteiger partial charge in [0.15, 0.2) is 17.5 Å². The maximum atomic E-state index is 9.63. The Hall–Kier alpha value is -7.43. The van der Waals surface area contributed by atoms with E-state index in [0.717, 1.165) is 43.4 Å². The Labute approximate surface area is 332 Å². The second kappa shape index (κ2) is 12.6. The van der Waals surface area contributed by atoms with Gasteiger partial charge in [-0.25, -0.2) is 15.0 Å². The number of nitrogens with zero attached hydrogens (tertiary/aromatic N) is 3. The summed E-state index contributed by atoms with van der Waals surface area (Å²) in [7, 11) is 0. The zero-order valence-corrected chi connectivity index (χ0v) is 28.8. The van der Waals surface area contributed by atoms with Crippen molar-refractivity contribution in [3.63, 3.8) is 0 Å². The molecule has 2 aromatic heterocycles. The molecule has 256 valence electrons. The SMILES string of the molecule is [2H]c1c([2H])c([2H])c(-c2c([2H])c([2H])c([2H])c3oc4c([2H])c(-c5nc(-c6cccc(-c7ccccc7)c6)nc(-c6ccc7ccc8c9ccccc9ccc8c7c6)n5)c([2H])c([2H])c4c23)c([2H])c1[2H]. The van der Waals surface area contributed by atoms with Gasteiger partial charge in [0.2, 0.25) is 0 Å². The summed E-state index contributed by atoms with van der Waals surface area (Å²) in [5.41, 5.74) is 1.46. The van der Waals surface area contributed by atoms with Gasteiger partial charge < -0.3 is 4.42 Å². The summed E-state index contributed by atoms with van der Waals surface area (Å²) >= 11 is 0. The fourth-order valence-electron chi connectivity index (χ4n) is 7.29. The van der Waals surface area contributed by atoms with Crippen LogP contribution >= 0.6 is 0 Å². The Bertz CT molecular complexity index is 3880. The number of aromatic nitrogens is 3. The van der Waals surface area contributed by atoms with Crippen molar-refractivity contribution in [2.45, 2.75) is 0 Å². The minimum absolute atomic E-state index is 0.116. The van der Waals surface area contributed by atoms with Crippen LogP contribution in [0.15, 0.2) is 192 Å². The summed E-state index contributed by atoms with van der Waals surface area (Å²) < 4.78 is 104. The molecule has 0 atom stereocenters. The van der Waals surface area contributed by atoms with Crippen LogP contribution in [0.1, 0.15) is 15.1 Å². The molecule has 9 aromatic carbocycles. The quantitative estimate of drug-likeness (QED) is 0.167. The largest absolute Gasteiger partial charge is 0.456 e. The zero-order valence-electron chi connectivity index (χ0n) is 39.8. The van der Waals surface area contributed by atoms with Crippen LogP contribution < -0.4 is 0 Å². The van der Waals surface area contributed by atoms with Crippen molar-refractivity contribution in [1.29, 1.82) is 0 Å². The van der Waals surface area contributed by atoms with E-state index in [4.69, 9.17) is 30.3 Å². The summed E-state index contributed by atoms with van der Waals surface area (Å²) in [5, 5.41) is 5.87. The third-order valence-corrected chi connectivity index (χ3v) is 9.91. The monoisotopic (exact) mass is 712 g/mol. The third kappa shape index (κ3) is 5.34. The summed E-state index contributed by atoms with van der Waals surface area (Å²) in [6.07, 6.45) is 0. The Morgan fingerprint density at radius 1 is 0.382 bits per heavy atom. The van der Waals surface area contributed by atoms with E-state index in [9.17, 15) is 4.11 Å². The molecule has 0 saturated heterocycles. The second-order valence-electron chi connectivity index (χ2n) is 13.1. The molecule has 0 radical (unpaired) electrons. The lowest BCUT2D eigenvalue weighted by Gasteiger charge is -2.11. The Balaban J connectivity index is 1.19. The van der Waals surface area contributed by atoms with Crippen LogP contribution in [0.4, 0.5) is 0 Å². The number of hydrogen-bond donors (Lipinski definition) is 0. The number of hydrogen-bond acceptors (Lipinski definition) is 4. The van der Waals surface area contributed by atoms with Crippen molar-refractivity contribution in [2.75, 3.05) is 0 Å². The molecule has 4 heteroatoms. The van der Waals surface area contributed by atoms with Crippen LogP contribution in [0, 0.1) is 0 Å². The Morgan fingerprint density at radius 3 is 1.89 bits per heavy atom. The fourth-order valence-corrected chi connectivity index (χ4v) is 7.29. The van der Waals surface area contributed by atoms with Crippen LogP contribution in [0.25, 0.3) is 111 Å². The van der Waals surface area contributed by atoms with E-state index >= 15 is 0 Å². The zero-order chi connectivity index (χ0) is 45.9. The molecule has 11 aromatic rings. The van der Waals surface area contributed by atoms with Crippen molar-refractivity contribution < 1.29 is 19.5 Å². The molecular formula is C51H31N3O. The number of benzene rings is 9. The van der Waals surface area contributed by atoms with Gasteiger partial charge in [-0.15, -0.1) is 0 Å². The Kier molecular flexibility index (Phi) is 5.03. The molecular weight excluding hydrogens is 671 g/mol. The van der Waals surface area contributed by atoms with Crippen molar-refractivity contribution in [3.05, 3.63) is 188 Å². The highest BCUT2D eigenvalue weighted by molar-refractivity contribution is 6.18. The molecule has 0 bridgehead atoms. The minimum Gasteiger partial charge on any atom is -0.456 e. The minimum atomic E-state index is -0.688. The number of rotatable bonds is 5. The van der Waals surface area contributed by atoms with E-state index in [2.05, 4.69) is 36.4 Å². The van der Waals surface area contributed by atoms with Gasteiger partial charge in [-0.05, 0) is 84.8 Å². The summed E-state index contributed by atoms with van der Waals surface area (Å²) in [4.78, 5) is 14.8. The van der Waals surface area contributed by atoms with Gasteiger partial charge in [0.1, 0.15) is 11.2 Å². The van der Waals surface area contributed by atoms with Crippen LogP contribution in [-0.4, -0.2) is 15.0 Å². The molecule has 0 aliphatic rings. The average Bonchev–Trinajstić information content (AvgIpc) is 3.76. The molecule has 0 saturated carbocycles. The maximum absolute atomic E-state index is 9.63. The molecule has 2 heterocycles. The first-order valence-corrected chi connectivity index (χ1v) is 17.6. The molecule has 0 fully saturated rings. The van der Waals surface area contributed by atoms with Crippen LogP contribution in [0.3, 0.4) is 0 Å². The summed E-state index contributed by atoms with van der Waals surface area (Å²) in [6.45, 7) is 0. The van der Waals surface area contributed by atoms with Crippen molar-refractivity contribution in [3.8, 4) is 56.4 Å². The van der Waals surface area contributed by atoms with E-state index in [0.29, 0.717) is 11.1 Å². The highest BCUT2D eigenvalue weighted by Gasteiger charge is 2.18. The van der Waals surface area contributed by atoms with E-state index in [1.165, 1.54) is 0 Å². The van der Waals surface area contributed by atoms with Gasteiger partial charge >= 0.3 is 0 Å². The predicted octanol–water partition coefficient (Wildman–Crippen LogP) is 13.6. The smallest absolute Gasteiger partial charge is 0.164 e. The van der Waals surface area contributed by atoms with E-state index in [1.54, 1.807) is 0 Å². The number of fused-ring (bicyclic) bond motifs is 8. The first-order valence-electron chi connectivity index (χ1n) is 23.1. The van der Waals surface area contributed by atoms with Crippen molar-refractivity contribution in [1.82, 2.24) is 15.0 Å². The highest BCUT2D eigenvalue weighted by atomic mass is 16.3.